The van der Waals surface area contributed by atoms with E-state index in [1.54, 1.807) is 0 Å². The molecule has 0 spiro atoms. The van der Waals surface area contributed by atoms with Crippen molar-refractivity contribution in [3.05, 3.63) is 65.7 Å². The Hall–Kier alpha value is -1.88. The van der Waals surface area contributed by atoms with Crippen molar-refractivity contribution < 1.29 is 14.2 Å². The summed E-state index contributed by atoms with van der Waals surface area (Å²) >= 11 is 0. The second-order valence-corrected chi connectivity index (χ2v) is 8.53. The van der Waals surface area contributed by atoms with Crippen molar-refractivity contribution in [1.29, 1.82) is 0 Å². The molecule has 4 rings (SSSR count). The molecule has 1 aliphatic carbocycles. The van der Waals surface area contributed by atoms with Gasteiger partial charge in [-0.2, -0.15) is 0 Å². The molecule has 0 radical (unpaired) electrons. The predicted octanol–water partition coefficient (Wildman–Crippen LogP) is 4.84. The van der Waals surface area contributed by atoms with Crippen LogP contribution in [0.1, 0.15) is 44.0 Å². The highest BCUT2D eigenvalue weighted by molar-refractivity contribution is 5.27. The average molecular weight is 396 g/mol. The maximum absolute atomic E-state index is 6.34. The van der Waals surface area contributed by atoms with Crippen LogP contribution in [0.5, 0.6) is 5.75 Å². The maximum atomic E-state index is 6.34. The Morgan fingerprint density at radius 3 is 2.45 bits per heavy atom. The van der Waals surface area contributed by atoms with Crippen LogP contribution in [0, 0.1) is 5.92 Å². The third kappa shape index (κ3) is 5.81. The van der Waals surface area contributed by atoms with Gasteiger partial charge < -0.3 is 14.2 Å². The molecule has 2 atom stereocenters. The van der Waals surface area contributed by atoms with Gasteiger partial charge in [0, 0.05) is 19.2 Å². The van der Waals surface area contributed by atoms with Crippen LogP contribution in [-0.4, -0.2) is 43.4 Å². The summed E-state index contributed by atoms with van der Waals surface area (Å²) in [5.41, 5.74) is 2.50. The highest BCUT2D eigenvalue weighted by Crippen LogP contribution is 2.32. The van der Waals surface area contributed by atoms with E-state index in [0.29, 0.717) is 12.6 Å². The molecule has 4 nitrogen and oxygen atoms in total. The van der Waals surface area contributed by atoms with E-state index in [-0.39, 0.29) is 12.3 Å². The average Bonchev–Trinajstić information content (AvgIpc) is 3.47. The van der Waals surface area contributed by atoms with Gasteiger partial charge in [0.1, 0.15) is 24.7 Å². The van der Waals surface area contributed by atoms with E-state index in [0.717, 1.165) is 37.8 Å². The third-order valence-electron chi connectivity index (χ3n) is 5.73. The van der Waals surface area contributed by atoms with E-state index in [2.05, 4.69) is 67.3 Å². The molecule has 156 valence electrons. The summed E-state index contributed by atoms with van der Waals surface area (Å²) in [6, 6.07) is 19.3. The van der Waals surface area contributed by atoms with Crippen LogP contribution in [0.2, 0.25) is 0 Å². The smallest absolute Gasteiger partial charge is 0.137 e. The van der Waals surface area contributed by atoms with Crippen molar-refractivity contribution in [2.45, 2.75) is 51.5 Å². The van der Waals surface area contributed by atoms with Gasteiger partial charge in [-0.05, 0) is 62.3 Å². The number of rotatable bonds is 10. The first-order valence-corrected chi connectivity index (χ1v) is 10.9. The number of hydrogen-bond acceptors (Lipinski definition) is 4. The highest BCUT2D eigenvalue weighted by atomic mass is 16.6. The predicted molar refractivity (Wildman–Crippen MR) is 115 cm³/mol. The summed E-state index contributed by atoms with van der Waals surface area (Å²) in [4.78, 5) is 2.40. The molecule has 4 heteroatoms. The van der Waals surface area contributed by atoms with Gasteiger partial charge in [0.05, 0.1) is 6.61 Å². The molecule has 1 saturated heterocycles. The Morgan fingerprint density at radius 1 is 1.00 bits per heavy atom. The molecule has 2 aromatic rings. The highest BCUT2D eigenvalue weighted by Gasteiger charge is 2.35. The monoisotopic (exact) mass is 395 g/mol. The lowest BCUT2D eigenvalue weighted by molar-refractivity contribution is -0.0234. The number of benzene rings is 2. The van der Waals surface area contributed by atoms with Crippen LogP contribution in [-0.2, 0) is 15.9 Å². The van der Waals surface area contributed by atoms with Crippen molar-refractivity contribution in [3.8, 4) is 5.75 Å². The zero-order valence-electron chi connectivity index (χ0n) is 17.6. The first kappa shape index (κ1) is 20.4. The Labute approximate surface area is 174 Å². The van der Waals surface area contributed by atoms with Crippen LogP contribution in [0.3, 0.4) is 0 Å². The summed E-state index contributed by atoms with van der Waals surface area (Å²) in [5.74, 6) is 1.73. The minimum Gasteiger partial charge on any atom is -0.491 e. The molecule has 0 bridgehead atoms. The molecule has 2 aromatic carbocycles. The van der Waals surface area contributed by atoms with Crippen LogP contribution < -0.4 is 4.74 Å². The van der Waals surface area contributed by atoms with Gasteiger partial charge in [-0.3, -0.25) is 4.90 Å². The minimum atomic E-state index is 0.00261. The SMILES string of the molecule is CC(C)N1C[C@H](COc2ccc(CCOCC3CC3)cc2)O[C@H]1c1ccccc1. The molecule has 0 amide bonds. The molecular formula is C25H33NO3. The van der Waals surface area contributed by atoms with Crippen LogP contribution in [0.15, 0.2) is 54.6 Å². The van der Waals surface area contributed by atoms with Crippen molar-refractivity contribution in [1.82, 2.24) is 4.90 Å². The Balaban J connectivity index is 1.25. The molecule has 2 aliphatic rings. The first-order valence-electron chi connectivity index (χ1n) is 10.9. The number of hydrogen-bond donors (Lipinski definition) is 0. The van der Waals surface area contributed by atoms with Crippen LogP contribution in [0.25, 0.3) is 0 Å². The molecule has 1 saturated carbocycles. The summed E-state index contributed by atoms with van der Waals surface area (Å²) in [6.45, 7) is 7.62. The number of ether oxygens (including phenoxy) is 3. The fraction of sp³-hybridized carbons (Fsp3) is 0.520. The minimum absolute atomic E-state index is 0.00261. The van der Waals surface area contributed by atoms with Crippen LogP contribution in [0.4, 0.5) is 0 Å². The van der Waals surface area contributed by atoms with Crippen molar-refractivity contribution in [2.24, 2.45) is 5.92 Å². The molecular weight excluding hydrogens is 362 g/mol. The molecule has 29 heavy (non-hydrogen) atoms. The summed E-state index contributed by atoms with van der Waals surface area (Å²) in [5, 5.41) is 0. The van der Waals surface area contributed by atoms with Gasteiger partial charge in [-0.15, -0.1) is 0 Å². The van der Waals surface area contributed by atoms with Gasteiger partial charge in [0.25, 0.3) is 0 Å². The molecule has 0 N–H and O–H groups in total. The van der Waals surface area contributed by atoms with Gasteiger partial charge in [-0.25, -0.2) is 0 Å². The van der Waals surface area contributed by atoms with Gasteiger partial charge in [0.15, 0.2) is 0 Å². The Bertz CT molecular complexity index is 742. The van der Waals surface area contributed by atoms with E-state index in [1.807, 2.05) is 6.07 Å². The summed E-state index contributed by atoms with van der Waals surface area (Å²) in [7, 11) is 0. The summed E-state index contributed by atoms with van der Waals surface area (Å²) < 4.78 is 18.1. The van der Waals surface area contributed by atoms with E-state index < -0.39 is 0 Å². The topological polar surface area (TPSA) is 30.9 Å². The van der Waals surface area contributed by atoms with Crippen molar-refractivity contribution in [3.63, 3.8) is 0 Å². The third-order valence-corrected chi connectivity index (χ3v) is 5.73. The lowest BCUT2D eigenvalue weighted by Gasteiger charge is -2.26. The molecule has 1 heterocycles. The van der Waals surface area contributed by atoms with E-state index >= 15 is 0 Å². The van der Waals surface area contributed by atoms with E-state index in [1.165, 1.54) is 24.0 Å². The fourth-order valence-electron chi connectivity index (χ4n) is 3.76. The Morgan fingerprint density at radius 2 is 1.76 bits per heavy atom. The van der Waals surface area contributed by atoms with Gasteiger partial charge >= 0.3 is 0 Å². The van der Waals surface area contributed by atoms with E-state index in [4.69, 9.17) is 14.2 Å². The van der Waals surface area contributed by atoms with Crippen molar-refractivity contribution >= 4 is 0 Å². The molecule has 0 unspecified atom stereocenters. The zero-order valence-corrected chi connectivity index (χ0v) is 17.6. The molecule has 0 aromatic heterocycles. The number of nitrogens with zero attached hydrogens (tertiary/aromatic N) is 1. The normalized spacial score (nSPS) is 22.3. The van der Waals surface area contributed by atoms with E-state index in [9.17, 15) is 0 Å². The Kier molecular flexibility index (Phi) is 6.86. The second-order valence-electron chi connectivity index (χ2n) is 8.53. The first-order chi connectivity index (χ1) is 14.2. The lowest BCUT2D eigenvalue weighted by Crippen LogP contribution is -2.32. The molecule has 1 aliphatic heterocycles. The molecule has 2 fully saturated rings. The second kappa shape index (κ2) is 9.75. The lowest BCUT2D eigenvalue weighted by atomic mass is 10.1. The van der Waals surface area contributed by atoms with Crippen LogP contribution >= 0.6 is 0 Å². The summed E-state index contributed by atoms with van der Waals surface area (Å²) in [6.07, 6.45) is 3.72. The maximum Gasteiger partial charge on any atom is 0.137 e. The van der Waals surface area contributed by atoms with Crippen molar-refractivity contribution in [2.75, 3.05) is 26.4 Å². The van der Waals surface area contributed by atoms with Gasteiger partial charge in [0.2, 0.25) is 0 Å². The van der Waals surface area contributed by atoms with Gasteiger partial charge in [-0.1, -0.05) is 42.5 Å². The quantitative estimate of drug-likeness (QED) is 0.539. The fourth-order valence-corrected chi connectivity index (χ4v) is 3.76. The standard InChI is InChI=1S/C25H33NO3/c1-19(2)26-16-24(29-25(26)22-6-4-3-5-7-22)18-28-23-12-10-20(11-13-23)14-15-27-17-21-8-9-21/h3-7,10-13,19,21,24-25H,8-9,14-18H2,1-2H3/t24-,25+/m1/s1. The largest absolute Gasteiger partial charge is 0.491 e. The zero-order chi connectivity index (χ0) is 20.1.